The van der Waals surface area contributed by atoms with E-state index >= 15 is 0 Å². The molecule has 1 atom stereocenters. The minimum atomic E-state index is -2.97. The van der Waals surface area contributed by atoms with E-state index in [4.69, 9.17) is 0 Å². The second kappa shape index (κ2) is 6.15. The summed E-state index contributed by atoms with van der Waals surface area (Å²) in [6.45, 7) is 2.41. The maximum atomic E-state index is 11.2. The average molecular weight is 294 g/mol. The predicted octanol–water partition coefficient (Wildman–Crippen LogP) is 0.994. The molecule has 0 radical (unpaired) electrons. The highest BCUT2D eigenvalue weighted by molar-refractivity contribution is 7.90. The van der Waals surface area contributed by atoms with E-state index in [1.807, 2.05) is 19.1 Å². The Kier molecular flexibility index (Phi) is 4.51. The van der Waals surface area contributed by atoms with Crippen molar-refractivity contribution < 1.29 is 8.42 Å². The first-order chi connectivity index (χ1) is 9.46. The molecule has 2 aromatic heterocycles. The van der Waals surface area contributed by atoms with Gasteiger partial charge in [-0.1, -0.05) is 0 Å². The van der Waals surface area contributed by atoms with Gasteiger partial charge in [0.1, 0.15) is 9.84 Å². The van der Waals surface area contributed by atoms with Crippen molar-refractivity contribution in [3.63, 3.8) is 0 Å². The van der Waals surface area contributed by atoms with Crippen LogP contribution in [-0.4, -0.2) is 41.6 Å². The van der Waals surface area contributed by atoms with Gasteiger partial charge < -0.3 is 5.32 Å². The van der Waals surface area contributed by atoms with Gasteiger partial charge in [0.25, 0.3) is 0 Å². The van der Waals surface area contributed by atoms with E-state index in [2.05, 4.69) is 20.5 Å². The number of pyridine rings is 1. The van der Waals surface area contributed by atoms with Crippen LogP contribution in [0.1, 0.15) is 12.5 Å². The largest absolute Gasteiger partial charge is 0.309 e. The van der Waals surface area contributed by atoms with Crippen LogP contribution >= 0.6 is 0 Å². The number of sulfone groups is 1. The summed E-state index contributed by atoms with van der Waals surface area (Å²) in [5.41, 5.74) is 2.84. The fourth-order valence-corrected chi connectivity index (χ4v) is 3.03. The zero-order valence-corrected chi connectivity index (χ0v) is 12.3. The van der Waals surface area contributed by atoms with Gasteiger partial charge in [0, 0.05) is 42.4 Å². The Bertz CT molecular complexity index is 652. The fourth-order valence-electron chi connectivity index (χ4n) is 2.00. The normalized spacial score (nSPS) is 13.3. The fraction of sp³-hybridized carbons (Fsp3) is 0.385. The van der Waals surface area contributed by atoms with Crippen LogP contribution in [-0.2, 0) is 16.4 Å². The van der Waals surface area contributed by atoms with Gasteiger partial charge in [0.2, 0.25) is 0 Å². The van der Waals surface area contributed by atoms with Crippen LogP contribution in [0.3, 0.4) is 0 Å². The quantitative estimate of drug-likeness (QED) is 0.829. The van der Waals surface area contributed by atoms with Crippen molar-refractivity contribution in [2.24, 2.45) is 0 Å². The highest BCUT2D eigenvalue weighted by Gasteiger charge is 2.12. The molecular formula is C13H18N4O2S. The molecule has 0 aromatic carbocycles. The highest BCUT2D eigenvalue weighted by Crippen LogP contribution is 2.19. The maximum absolute atomic E-state index is 11.2. The molecule has 6 nitrogen and oxygen atoms in total. The summed E-state index contributed by atoms with van der Waals surface area (Å²) in [5, 5.41) is 10.2. The molecule has 0 spiro atoms. The first-order valence-electron chi connectivity index (χ1n) is 6.29. The van der Waals surface area contributed by atoms with Gasteiger partial charge in [-0.3, -0.25) is 10.1 Å². The summed E-state index contributed by atoms with van der Waals surface area (Å²) in [6.07, 6.45) is 6.45. The van der Waals surface area contributed by atoms with Crippen LogP contribution in [0.5, 0.6) is 0 Å². The van der Waals surface area contributed by atoms with Gasteiger partial charge in [-0.25, -0.2) is 8.42 Å². The van der Waals surface area contributed by atoms with E-state index in [-0.39, 0.29) is 11.8 Å². The molecule has 2 aromatic rings. The lowest BCUT2D eigenvalue weighted by molar-refractivity contribution is 0.560. The zero-order valence-electron chi connectivity index (χ0n) is 11.5. The third kappa shape index (κ3) is 4.14. The SMILES string of the molecule is CC(CS(C)(=O)=O)NCc1cn[nH]c1-c1cccnc1. The molecule has 0 fully saturated rings. The maximum Gasteiger partial charge on any atom is 0.148 e. The lowest BCUT2D eigenvalue weighted by Gasteiger charge is -2.12. The molecule has 0 bridgehead atoms. The average Bonchev–Trinajstić information content (AvgIpc) is 2.83. The van der Waals surface area contributed by atoms with E-state index in [0.717, 1.165) is 16.8 Å². The molecule has 0 saturated carbocycles. The standard InChI is InChI=1S/C13H18N4O2S/c1-10(9-20(2,18)19)15-7-12-8-16-17-13(12)11-4-3-5-14-6-11/h3-6,8,10,15H,7,9H2,1-2H3,(H,16,17). The van der Waals surface area contributed by atoms with Gasteiger partial charge in [-0.05, 0) is 19.1 Å². The molecular weight excluding hydrogens is 276 g/mol. The van der Waals surface area contributed by atoms with Gasteiger partial charge in [0.05, 0.1) is 17.6 Å². The first-order valence-corrected chi connectivity index (χ1v) is 8.35. The molecule has 2 rings (SSSR count). The number of aromatic amines is 1. The van der Waals surface area contributed by atoms with Crippen molar-refractivity contribution in [3.05, 3.63) is 36.3 Å². The van der Waals surface area contributed by atoms with Crippen LogP contribution in [0.2, 0.25) is 0 Å². The summed E-state index contributed by atoms with van der Waals surface area (Å²) in [5.74, 6) is 0.118. The zero-order chi connectivity index (χ0) is 14.6. The molecule has 0 amide bonds. The third-order valence-corrected chi connectivity index (χ3v) is 3.97. The Balaban J connectivity index is 2.03. The lowest BCUT2D eigenvalue weighted by Crippen LogP contribution is -2.32. The summed E-state index contributed by atoms with van der Waals surface area (Å²) < 4.78 is 22.4. The molecule has 1 unspecified atom stereocenters. The Hall–Kier alpha value is -1.73. The Morgan fingerprint density at radius 3 is 2.85 bits per heavy atom. The first kappa shape index (κ1) is 14.7. The molecule has 2 heterocycles. The van der Waals surface area contributed by atoms with Crippen molar-refractivity contribution in [1.82, 2.24) is 20.5 Å². The van der Waals surface area contributed by atoms with Crippen LogP contribution in [0.25, 0.3) is 11.3 Å². The second-order valence-corrected chi connectivity index (χ2v) is 7.07. The molecule has 0 saturated heterocycles. The second-order valence-electron chi connectivity index (χ2n) is 4.89. The molecule has 108 valence electrons. The minimum Gasteiger partial charge on any atom is -0.309 e. The number of hydrogen-bond donors (Lipinski definition) is 2. The molecule has 0 aliphatic rings. The monoisotopic (exact) mass is 294 g/mol. The van der Waals surface area contributed by atoms with E-state index in [0.29, 0.717) is 6.54 Å². The molecule has 2 N–H and O–H groups in total. The van der Waals surface area contributed by atoms with Gasteiger partial charge >= 0.3 is 0 Å². The van der Waals surface area contributed by atoms with Crippen molar-refractivity contribution in [2.75, 3.05) is 12.0 Å². The summed E-state index contributed by atoms with van der Waals surface area (Å²) in [6, 6.07) is 3.70. The molecule has 0 aliphatic carbocycles. The van der Waals surface area contributed by atoms with Gasteiger partial charge in [0.15, 0.2) is 0 Å². The molecule has 20 heavy (non-hydrogen) atoms. The number of nitrogens with one attached hydrogen (secondary N) is 2. The Labute approximate surface area is 118 Å². The van der Waals surface area contributed by atoms with Crippen molar-refractivity contribution in [1.29, 1.82) is 0 Å². The highest BCUT2D eigenvalue weighted by atomic mass is 32.2. The number of aromatic nitrogens is 3. The van der Waals surface area contributed by atoms with E-state index in [1.54, 1.807) is 18.6 Å². The lowest BCUT2D eigenvalue weighted by atomic mass is 10.1. The Morgan fingerprint density at radius 1 is 1.40 bits per heavy atom. The van der Waals surface area contributed by atoms with E-state index < -0.39 is 9.84 Å². The van der Waals surface area contributed by atoms with Gasteiger partial charge in [-0.15, -0.1) is 0 Å². The summed E-state index contributed by atoms with van der Waals surface area (Å²) in [4.78, 5) is 4.08. The number of nitrogens with zero attached hydrogens (tertiary/aromatic N) is 2. The van der Waals surface area contributed by atoms with E-state index in [9.17, 15) is 8.42 Å². The van der Waals surface area contributed by atoms with Crippen molar-refractivity contribution in [3.8, 4) is 11.3 Å². The topological polar surface area (TPSA) is 87.7 Å². The van der Waals surface area contributed by atoms with Crippen LogP contribution in [0.15, 0.2) is 30.7 Å². The van der Waals surface area contributed by atoms with E-state index in [1.165, 1.54) is 6.26 Å². The molecule has 7 heteroatoms. The van der Waals surface area contributed by atoms with Crippen molar-refractivity contribution >= 4 is 9.84 Å². The van der Waals surface area contributed by atoms with Crippen LogP contribution < -0.4 is 5.32 Å². The summed E-state index contributed by atoms with van der Waals surface area (Å²) in [7, 11) is -2.97. The number of rotatable bonds is 6. The Morgan fingerprint density at radius 2 is 2.20 bits per heavy atom. The number of H-pyrrole nitrogens is 1. The molecule has 0 aliphatic heterocycles. The number of hydrogen-bond acceptors (Lipinski definition) is 5. The van der Waals surface area contributed by atoms with Crippen LogP contribution in [0.4, 0.5) is 0 Å². The van der Waals surface area contributed by atoms with Crippen LogP contribution in [0, 0.1) is 0 Å². The smallest absolute Gasteiger partial charge is 0.148 e. The van der Waals surface area contributed by atoms with Crippen molar-refractivity contribution in [2.45, 2.75) is 19.5 Å². The van der Waals surface area contributed by atoms with Gasteiger partial charge in [-0.2, -0.15) is 5.10 Å². The predicted molar refractivity (Wildman–Crippen MR) is 77.8 cm³/mol. The summed E-state index contributed by atoms with van der Waals surface area (Å²) >= 11 is 0. The third-order valence-electron chi connectivity index (χ3n) is 2.86. The minimum absolute atomic E-state index is 0.110.